The first kappa shape index (κ1) is 33.7. The van der Waals surface area contributed by atoms with Gasteiger partial charge < -0.3 is 0 Å². The van der Waals surface area contributed by atoms with Crippen molar-refractivity contribution in [3.8, 4) is 89.3 Å². The van der Waals surface area contributed by atoms with E-state index in [-0.39, 0.29) is 0 Å². The Balaban J connectivity index is 1.19. The van der Waals surface area contributed by atoms with Crippen molar-refractivity contribution in [1.29, 1.82) is 0 Å². The van der Waals surface area contributed by atoms with Crippen LogP contribution >= 0.6 is 0 Å². The summed E-state index contributed by atoms with van der Waals surface area (Å²) in [5.74, 6) is 0. The summed E-state index contributed by atoms with van der Waals surface area (Å²) in [7, 11) is 6.80. The third-order valence-electron chi connectivity index (χ3n) is 10.1. The zero-order valence-corrected chi connectivity index (χ0v) is 30.2. The van der Waals surface area contributed by atoms with Crippen LogP contribution in [0.3, 0.4) is 0 Å². The smallest absolute Gasteiger partial charge is 0.113 e. The quantitative estimate of drug-likeness (QED) is 0.148. The van der Waals surface area contributed by atoms with Gasteiger partial charge in [0.1, 0.15) is 7.85 Å². The maximum atomic E-state index is 6.80. The molecule has 7 aromatic carbocycles. The van der Waals surface area contributed by atoms with E-state index in [1.165, 1.54) is 0 Å². The summed E-state index contributed by atoms with van der Waals surface area (Å²) in [6.07, 6.45) is 4.03. The molecule has 9 aromatic rings. The second-order valence-electron chi connectivity index (χ2n) is 13.6. The standard InChI is InChI=1S/C52H35BN2/c53-42-30-40(43-25-13-15-27-45(43)49-34-54-51(38-21-9-3-10-22-38)32-47(49)36-17-5-1-6-18-36)29-41(31-42)44-26-14-16-28-46(44)50-35-55-52(39-23-11-4-12-24-39)33-48(50)37-19-7-2-8-20-37/h1-35H. The molecule has 2 heterocycles. The largest absolute Gasteiger partial charge is 0.256 e. The predicted molar refractivity (Wildman–Crippen MR) is 231 cm³/mol. The fraction of sp³-hybridized carbons (Fsp3) is 0. The topological polar surface area (TPSA) is 25.8 Å². The van der Waals surface area contributed by atoms with Crippen LogP contribution in [-0.2, 0) is 0 Å². The molecule has 3 heteroatoms. The monoisotopic (exact) mass is 698 g/mol. The number of benzene rings is 7. The summed E-state index contributed by atoms with van der Waals surface area (Å²) in [4.78, 5) is 10.0. The molecular formula is C52H35BN2. The molecule has 2 nitrogen and oxygen atoms in total. The Kier molecular flexibility index (Phi) is 9.26. The van der Waals surface area contributed by atoms with E-state index < -0.39 is 0 Å². The Morgan fingerprint density at radius 3 is 0.964 bits per heavy atom. The molecule has 0 spiro atoms. The van der Waals surface area contributed by atoms with E-state index in [4.69, 9.17) is 17.8 Å². The number of nitrogens with zero attached hydrogens (tertiary/aromatic N) is 2. The van der Waals surface area contributed by atoms with Gasteiger partial charge >= 0.3 is 0 Å². The van der Waals surface area contributed by atoms with Crippen LogP contribution < -0.4 is 5.46 Å². The van der Waals surface area contributed by atoms with Crippen molar-refractivity contribution in [3.63, 3.8) is 0 Å². The number of hydrogen-bond donors (Lipinski definition) is 0. The van der Waals surface area contributed by atoms with Crippen molar-refractivity contribution in [1.82, 2.24) is 9.97 Å². The number of rotatable bonds is 8. The van der Waals surface area contributed by atoms with E-state index in [0.717, 1.165) is 89.3 Å². The highest BCUT2D eigenvalue weighted by Crippen LogP contribution is 2.42. The molecule has 0 aliphatic carbocycles. The van der Waals surface area contributed by atoms with E-state index in [9.17, 15) is 0 Å². The van der Waals surface area contributed by atoms with Crippen molar-refractivity contribution in [2.24, 2.45) is 0 Å². The van der Waals surface area contributed by atoms with Crippen LogP contribution in [0.15, 0.2) is 213 Å². The van der Waals surface area contributed by atoms with E-state index in [0.29, 0.717) is 5.46 Å². The summed E-state index contributed by atoms with van der Waals surface area (Å²) < 4.78 is 0. The molecule has 2 radical (unpaired) electrons. The second kappa shape index (κ2) is 15.1. The Labute approximate surface area is 323 Å². The number of hydrogen-bond acceptors (Lipinski definition) is 2. The molecule has 0 saturated carbocycles. The first-order valence-electron chi connectivity index (χ1n) is 18.5. The third kappa shape index (κ3) is 6.92. The summed E-state index contributed by atoms with van der Waals surface area (Å²) in [5.41, 5.74) is 17.8. The summed E-state index contributed by atoms with van der Waals surface area (Å²) in [6, 6.07) is 69.7. The maximum absolute atomic E-state index is 6.80. The lowest BCUT2D eigenvalue weighted by Crippen LogP contribution is -2.04. The van der Waals surface area contributed by atoms with Crippen molar-refractivity contribution in [2.45, 2.75) is 0 Å². The first-order valence-corrected chi connectivity index (χ1v) is 18.5. The van der Waals surface area contributed by atoms with Gasteiger partial charge in [-0.25, -0.2) is 0 Å². The van der Waals surface area contributed by atoms with Gasteiger partial charge in [-0.1, -0.05) is 187 Å². The summed E-state index contributed by atoms with van der Waals surface area (Å²) in [6.45, 7) is 0. The SMILES string of the molecule is [B]c1cc(-c2ccccc2-c2cnc(-c3ccccc3)cc2-c2ccccc2)cc(-c2ccccc2-c2cnc(-c3ccccc3)cc2-c2ccccc2)c1. The normalized spacial score (nSPS) is 11.0. The molecule has 0 N–H and O–H groups in total. The van der Waals surface area contributed by atoms with E-state index in [1.807, 2.05) is 24.5 Å². The minimum Gasteiger partial charge on any atom is -0.256 e. The molecule has 0 atom stereocenters. The molecule has 9 rings (SSSR count). The van der Waals surface area contributed by atoms with Gasteiger partial charge in [0.25, 0.3) is 0 Å². The molecule has 2 aromatic heterocycles. The average Bonchev–Trinajstić information content (AvgIpc) is 3.27. The average molecular weight is 699 g/mol. The Morgan fingerprint density at radius 2 is 0.582 bits per heavy atom. The Morgan fingerprint density at radius 1 is 0.255 bits per heavy atom. The fourth-order valence-corrected chi connectivity index (χ4v) is 7.49. The lowest BCUT2D eigenvalue weighted by Gasteiger charge is -2.18. The molecular weight excluding hydrogens is 663 g/mol. The van der Waals surface area contributed by atoms with Gasteiger partial charge in [-0.3, -0.25) is 9.97 Å². The van der Waals surface area contributed by atoms with Crippen molar-refractivity contribution >= 4 is 13.3 Å². The lowest BCUT2D eigenvalue weighted by molar-refractivity contribution is 1.32. The van der Waals surface area contributed by atoms with E-state index in [1.54, 1.807) is 0 Å². The third-order valence-corrected chi connectivity index (χ3v) is 10.1. The number of pyridine rings is 2. The van der Waals surface area contributed by atoms with Crippen LogP contribution in [0.4, 0.5) is 0 Å². The van der Waals surface area contributed by atoms with E-state index in [2.05, 4.69) is 188 Å². The highest BCUT2D eigenvalue weighted by molar-refractivity contribution is 6.33. The molecule has 0 amide bonds. The molecule has 55 heavy (non-hydrogen) atoms. The summed E-state index contributed by atoms with van der Waals surface area (Å²) in [5, 5.41) is 0. The van der Waals surface area contributed by atoms with Crippen LogP contribution in [0.25, 0.3) is 89.3 Å². The lowest BCUT2D eigenvalue weighted by atomic mass is 9.83. The molecule has 0 unspecified atom stereocenters. The van der Waals surface area contributed by atoms with Crippen LogP contribution in [0.5, 0.6) is 0 Å². The maximum Gasteiger partial charge on any atom is 0.113 e. The van der Waals surface area contributed by atoms with Gasteiger partial charge in [0, 0.05) is 34.6 Å². The molecule has 256 valence electrons. The molecule has 0 fully saturated rings. The highest BCUT2D eigenvalue weighted by Gasteiger charge is 2.18. The van der Waals surface area contributed by atoms with Crippen molar-refractivity contribution < 1.29 is 0 Å². The number of aromatic nitrogens is 2. The fourth-order valence-electron chi connectivity index (χ4n) is 7.49. The molecule has 0 bridgehead atoms. The van der Waals surface area contributed by atoms with E-state index >= 15 is 0 Å². The van der Waals surface area contributed by atoms with Crippen LogP contribution in [0.2, 0.25) is 0 Å². The zero-order chi connectivity index (χ0) is 37.0. The summed E-state index contributed by atoms with van der Waals surface area (Å²) >= 11 is 0. The Bertz CT molecular complexity index is 2560. The first-order chi connectivity index (χ1) is 27.2. The minimum absolute atomic E-state index is 0.693. The van der Waals surface area contributed by atoms with Gasteiger partial charge in [-0.05, 0) is 73.8 Å². The van der Waals surface area contributed by atoms with Gasteiger partial charge in [0.15, 0.2) is 0 Å². The van der Waals surface area contributed by atoms with Crippen LogP contribution in [0, 0.1) is 0 Å². The van der Waals surface area contributed by atoms with Crippen LogP contribution in [-0.4, -0.2) is 17.8 Å². The van der Waals surface area contributed by atoms with Crippen LogP contribution in [0.1, 0.15) is 0 Å². The van der Waals surface area contributed by atoms with Gasteiger partial charge in [0.05, 0.1) is 11.4 Å². The van der Waals surface area contributed by atoms with Crippen molar-refractivity contribution in [3.05, 3.63) is 213 Å². The molecule has 0 aliphatic heterocycles. The van der Waals surface area contributed by atoms with Gasteiger partial charge in [0.2, 0.25) is 0 Å². The second-order valence-corrected chi connectivity index (χ2v) is 13.6. The zero-order valence-electron chi connectivity index (χ0n) is 30.2. The van der Waals surface area contributed by atoms with Gasteiger partial charge in [-0.2, -0.15) is 0 Å². The molecule has 0 saturated heterocycles. The highest BCUT2D eigenvalue weighted by atomic mass is 14.7. The van der Waals surface area contributed by atoms with Gasteiger partial charge in [-0.15, -0.1) is 0 Å². The van der Waals surface area contributed by atoms with Crippen molar-refractivity contribution in [2.75, 3.05) is 0 Å². The molecule has 0 aliphatic rings. The minimum atomic E-state index is 0.693. The Hall–Kier alpha value is -7.10. The predicted octanol–water partition coefficient (Wildman–Crippen LogP) is 12.6.